The van der Waals surface area contributed by atoms with Gasteiger partial charge in [0.25, 0.3) is 11.8 Å². The molecule has 2 aromatic carbocycles. The van der Waals surface area contributed by atoms with Gasteiger partial charge in [-0.15, -0.1) is 0 Å². The van der Waals surface area contributed by atoms with Crippen LogP contribution in [0.4, 0.5) is 14.5 Å². The third-order valence-corrected chi connectivity index (χ3v) is 6.86. The van der Waals surface area contributed by atoms with Crippen LogP contribution in [0.5, 0.6) is 5.75 Å². The molecule has 0 fully saturated rings. The normalized spacial score (nSPS) is 16.7. The van der Waals surface area contributed by atoms with Gasteiger partial charge in [0.05, 0.1) is 6.04 Å². The fourth-order valence-electron chi connectivity index (χ4n) is 4.72. The second-order valence-electron chi connectivity index (χ2n) is 8.58. The van der Waals surface area contributed by atoms with E-state index >= 15 is 0 Å². The SMILES string of the molecule is O=C(NCc1ccc(F)c(Cl)c1F)c1cn2c(c(O)c1=O)C(=O)N1CC2CCCc2ccccc21. The van der Waals surface area contributed by atoms with E-state index < -0.39 is 39.6 Å². The average Bonchev–Trinajstić information content (AvgIpc) is 2.84. The molecule has 1 unspecified atom stereocenters. The topological polar surface area (TPSA) is 91.6 Å². The van der Waals surface area contributed by atoms with E-state index in [0.717, 1.165) is 36.2 Å². The first-order valence-electron chi connectivity index (χ1n) is 11.1. The minimum absolute atomic E-state index is 0.0727. The molecule has 35 heavy (non-hydrogen) atoms. The molecule has 3 aromatic rings. The molecular weight excluding hydrogens is 480 g/mol. The molecule has 0 spiro atoms. The van der Waals surface area contributed by atoms with E-state index in [1.54, 1.807) is 4.90 Å². The standard InChI is InChI=1S/C25H20ClF2N3O4/c26-19-17(27)9-8-14(20(19)28)10-29-24(34)16-12-30-15-6-3-5-13-4-1-2-7-18(13)31(11-15)25(35)21(30)23(33)22(16)32/h1-2,4,7-9,12,15,33H,3,5-6,10-11H2,(H,29,34). The van der Waals surface area contributed by atoms with Gasteiger partial charge in [-0.3, -0.25) is 14.4 Å². The fraction of sp³-hybridized carbons (Fsp3) is 0.240. The maximum Gasteiger partial charge on any atom is 0.279 e. The van der Waals surface area contributed by atoms with Crippen LogP contribution >= 0.6 is 11.6 Å². The lowest BCUT2D eigenvalue weighted by Crippen LogP contribution is -2.46. The quantitative estimate of drug-likeness (QED) is 0.534. The van der Waals surface area contributed by atoms with E-state index in [-0.39, 0.29) is 29.4 Å². The number of halogens is 3. The molecule has 1 aromatic heterocycles. The molecule has 10 heteroatoms. The Bertz CT molecular complexity index is 1440. The number of benzene rings is 2. The number of nitrogens with zero attached hydrogens (tertiary/aromatic N) is 2. The van der Waals surface area contributed by atoms with Gasteiger partial charge in [-0.25, -0.2) is 8.78 Å². The second-order valence-corrected chi connectivity index (χ2v) is 8.96. The lowest BCUT2D eigenvalue weighted by Gasteiger charge is -2.39. The highest BCUT2D eigenvalue weighted by Gasteiger charge is 2.37. The predicted octanol–water partition coefficient (Wildman–Crippen LogP) is 3.95. The molecule has 7 nitrogen and oxygen atoms in total. The van der Waals surface area contributed by atoms with Crippen molar-refractivity contribution in [2.45, 2.75) is 31.8 Å². The molecule has 0 saturated heterocycles. The number of pyridine rings is 1. The highest BCUT2D eigenvalue weighted by Crippen LogP contribution is 2.36. The first kappa shape index (κ1) is 23.0. The van der Waals surface area contributed by atoms with Crippen molar-refractivity contribution in [2.24, 2.45) is 0 Å². The number of carbonyl (C=O) groups excluding carboxylic acids is 2. The van der Waals surface area contributed by atoms with E-state index in [4.69, 9.17) is 11.6 Å². The summed E-state index contributed by atoms with van der Waals surface area (Å²) < 4.78 is 29.1. The molecule has 2 amide bonds. The van der Waals surface area contributed by atoms with Crippen molar-refractivity contribution in [3.63, 3.8) is 0 Å². The van der Waals surface area contributed by atoms with Crippen molar-refractivity contribution in [3.8, 4) is 5.75 Å². The Morgan fingerprint density at radius 3 is 2.74 bits per heavy atom. The van der Waals surface area contributed by atoms with Gasteiger partial charge < -0.3 is 19.9 Å². The summed E-state index contributed by atoms with van der Waals surface area (Å²) in [5.74, 6) is -4.16. The minimum atomic E-state index is -1.02. The summed E-state index contributed by atoms with van der Waals surface area (Å²) in [5.41, 5.74) is 0.113. The molecule has 2 aliphatic rings. The molecule has 5 rings (SSSR count). The summed E-state index contributed by atoms with van der Waals surface area (Å²) in [6.07, 6.45) is 3.50. The smallest absolute Gasteiger partial charge is 0.279 e. The lowest BCUT2D eigenvalue weighted by molar-refractivity contribution is 0.0927. The Balaban J connectivity index is 1.50. The zero-order chi connectivity index (χ0) is 24.9. The summed E-state index contributed by atoms with van der Waals surface area (Å²) in [6, 6.07) is 9.36. The maximum atomic E-state index is 14.2. The van der Waals surface area contributed by atoms with Gasteiger partial charge in [0, 0.05) is 30.5 Å². The summed E-state index contributed by atoms with van der Waals surface area (Å²) in [6.45, 7) is -0.0367. The summed E-state index contributed by atoms with van der Waals surface area (Å²) in [7, 11) is 0. The van der Waals surface area contributed by atoms with Crippen LogP contribution in [0.15, 0.2) is 47.4 Å². The van der Waals surface area contributed by atoms with E-state index in [1.165, 1.54) is 10.8 Å². The number of carbonyl (C=O) groups is 2. The van der Waals surface area contributed by atoms with Crippen LogP contribution in [0.25, 0.3) is 0 Å². The Kier molecular flexibility index (Phi) is 5.80. The van der Waals surface area contributed by atoms with E-state index in [9.17, 15) is 28.3 Å². The fourth-order valence-corrected chi connectivity index (χ4v) is 4.90. The van der Waals surface area contributed by atoms with Gasteiger partial charge >= 0.3 is 0 Å². The molecule has 2 bridgehead atoms. The molecule has 2 aliphatic heterocycles. The summed E-state index contributed by atoms with van der Waals surface area (Å²) in [4.78, 5) is 40.6. The van der Waals surface area contributed by atoms with Crippen molar-refractivity contribution in [2.75, 3.05) is 11.4 Å². The number of nitrogens with one attached hydrogen (secondary N) is 1. The molecule has 0 saturated carbocycles. The Labute approximate surface area is 203 Å². The Hall–Kier alpha value is -3.72. The number of fused-ring (bicyclic) bond motifs is 6. The molecular formula is C25H20ClF2N3O4. The van der Waals surface area contributed by atoms with Crippen LogP contribution in [-0.4, -0.2) is 28.0 Å². The predicted molar refractivity (Wildman–Crippen MR) is 125 cm³/mol. The summed E-state index contributed by atoms with van der Waals surface area (Å²) >= 11 is 5.58. The monoisotopic (exact) mass is 499 g/mol. The van der Waals surface area contributed by atoms with E-state index in [2.05, 4.69) is 5.32 Å². The van der Waals surface area contributed by atoms with Crippen molar-refractivity contribution < 1.29 is 23.5 Å². The summed E-state index contributed by atoms with van der Waals surface area (Å²) in [5, 5.41) is 12.4. The van der Waals surface area contributed by atoms with Crippen molar-refractivity contribution >= 4 is 29.1 Å². The number of aryl methyl sites for hydroxylation is 1. The van der Waals surface area contributed by atoms with Gasteiger partial charge in [-0.1, -0.05) is 35.9 Å². The van der Waals surface area contributed by atoms with Crippen LogP contribution in [0.1, 0.15) is 50.9 Å². The van der Waals surface area contributed by atoms with Crippen LogP contribution in [0, 0.1) is 11.6 Å². The van der Waals surface area contributed by atoms with Crippen molar-refractivity contribution in [3.05, 3.63) is 91.9 Å². The zero-order valence-corrected chi connectivity index (χ0v) is 19.1. The van der Waals surface area contributed by atoms with E-state index in [1.807, 2.05) is 24.3 Å². The first-order valence-corrected chi connectivity index (χ1v) is 11.4. The van der Waals surface area contributed by atoms with Crippen molar-refractivity contribution in [1.82, 2.24) is 9.88 Å². The minimum Gasteiger partial charge on any atom is -0.503 e. The second kappa shape index (κ2) is 8.81. The first-order chi connectivity index (χ1) is 16.8. The zero-order valence-electron chi connectivity index (χ0n) is 18.4. The largest absolute Gasteiger partial charge is 0.503 e. The van der Waals surface area contributed by atoms with Gasteiger partial charge in [-0.05, 0) is 37.0 Å². The maximum absolute atomic E-state index is 14.2. The molecule has 3 heterocycles. The van der Waals surface area contributed by atoms with Gasteiger partial charge in [-0.2, -0.15) is 0 Å². The number of hydrogen-bond acceptors (Lipinski definition) is 4. The third kappa shape index (κ3) is 3.85. The highest BCUT2D eigenvalue weighted by atomic mass is 35.5. The number of aromatic hydroxyl groups is 1. The van der Waals surface area contributed by atoms with E-state index in [0.29, 0.717) is 13.0 Å². The Morgan fingerprint density at radius 1 is 1.17 bits per heavy atom. The Morgan fingerprint density at radius 2 is 1.94 bits per heavy atom. The van der Waals surface area contributed by atoms with Crippen molar-refractivity contribution in [1.29, 1.82) is 0 Å². The lowest BCUT2D eigenvalue weighted by atomic mass is 9.95. The average molecular weight is 500 g/mol. The number of amides is 2. The number of hydrogen-bond donors (Lipinski definition) is 2. The molecule has 0 radical (unpaired) electrons. The molecule has 0 aliphatic carbocycles. The van der Waals surface area contributed by atoms with Gasteiger partial charge in [0.2, 0.25) is 5.43 Å². The number of rotatable bonds is 3. The van der Waals surface area contributed by atoms with Gasteiger partial charge in [0.1, 0.15) is 22.2 Å². The van der Waals surface area contributed by atoms with Crippen LogP contribution < -0.4 is 15.6 Å². The van der Waals surface area contributed by atoms with Crippen LogP contribution in [0.3, 0.4) is 0 Å². The third-order valence-electron chi connectivity index (χ3n) is 6.51. The highest BCUT2D eigenvalue weighted by molar-refractivity contribution is 6.31. The number of aromatic nitrogens is 1. The van der Waals surface area contributed by atoms with Gasteiger partial charge in [0.15, 0.2) is 11.4 Å². The number of anilines is 1. The molecule has 1 atom stereocenters. The number of para-hydroxylation sites is 1. The van der Waals surface area contributed by atoms with Crippen LogP contribution in [-0.2, 0) is 13.0 Å². The van der Waals surface area contributed by atoms with Crippen LogP contribution in [0.2, 0.25) is 5.02 Å². The molecule has 2 N–H and O–H groups in total. The molecule has 180 valence electrons.